The minimum Gasteiger partial charge on any atom is -0.322 e. The molecule has 2 rings (SSSR count). The van der Waals surface area contributed by atoms with Gasteiger partial charge in [0.1, 0.15) is 0 Å². The first-order valence-electron chi connectivity index (χ1n) is 4.13. The molecule has 1 radical (unpaired) electrons. The third-order valence-electron chi connectivity index (χ3n) is 2.00. The minimum atomic E-state index is 0.663. The molecule has 0 aliphatic carbocycles. The highest BCUT2D eigenvalue weighted by Crippen LogP contribution is 2.13. The van der Waals surface area contributed by atoms with Gasteiger partial charge in [-0.15, -0.1) is 0 Å². The van der Waals surface area contributed by atoms with Crippen molar-refractivity contribution in [2.75, 3.05) is 0 Å². The Labute approximate surface area is 76.2 Å². The summed E-state index contributed by atoms with van der Waals surface area (Å²) in [5.74, 6) is 0. The van der Waals surface area contributed by atoms with E-state index in [1.165, 1.54) is 0 Å². The summed E-state index contributed by atoms with van der Waals surface area (Å²) < 4.78 is 1.90. The number of rotatable bonds is 1. The summed E-state index contributed by atoms with van der Waals surface area (Å²) in [7, 11) is 0. The van der Waals surface area contributed by atoms with Crippen molar-refractivity contribution in [2.24, 2.45) is 0 Å². The summed E-state index contributed by atoms with van der Waals surface area (Å²) in [5, 5.41) is 8.71. The van der Waals surface area contributed by atoms with Crippen LogP contribution in [-0.4, -0.2) is 9.55 Å². The van der Waals surface area contributed by atoms with E-state index in [-0.39, 0.29) is 0 Å². The van der Waals surface area contributed by atoms with Crippen LogP contribution in [0.1, 0.15) is 12.5 Å². The predicted molar refractivity (Wildman–Crippen MR) is 49.0 cm³/mol. The summed E-state index contributed by atoms with van der Waals surface area (Å²) in [6.07, 6.45) is 2.87. The molecule has 3 nitrogen and oxygen atoms in total. The van der Waals surface area contributed by atoms with Crippen LogP contribution in [0.4, 0.5) is 0 Å². The standard InChI is InChI=1S/C10H8N3/c1-2-13-7-12-9-4-3-8(6-11)5-10(9)13/h3-5H,2H2,1H3. The SMILES string of the molecule is CCn1[c]nc2ccc(C#N)cc21. The van der Waals surface area contributed by atoms with Crippen molar-refractivity contribution in [1.82, 2.24) is 9.55 Å². The topological polar surface area (TPSA) is 41.6 Å². The van der Waals surface area contributed by atoms with Gasteiger partial charge in [-0.3, -0.25) is 0 Å². The van der Waals surface area contributed by atoms with E-state index in [0.29, 0.717) is 5.56 Å². The van der Waals surface area contributed by atoms with Gasteiger partial charge in [0.15, 0.2) is 6.33 Å². The molecule has 0 atom stereocenters. The van der Waals surface area contributed by atoms with Crippen molar-refractivity contribution in [1.29, 1.82) is 5.26 Å². The largest absolute Gasteiger partial charge is 0.322 e. The van der Waals surface area contributed by atoms with Gasteiger partial charge >= 0.3 is 0 Å². The zero-order valence-corrected chi connectivity index (χ0v) is 7.28. The maximum Gasteiger partial charge on any atom is 0.177 e. The molecule has 0 saturated heterocycles. The van der Waals surface area contributed by atoms with Crippen LogP contribution in [0.15, 0.2) is 18.2 Å². The molecule has 1 aromatic carbocycles. The average molecular weight is 170 g/mol. The molecule has 1 aromatic heterocycles. The van der Waals surface area contributed by atoms with E-state index < -0.39 is 0 Å². The van der Waals surface area contributed by atoms with Gasteiger partial charge in [-0.25, -0.2) is 4.98 Å². The first-order chi connectivity index (χ1) is 6.35. The first kappa shape index (κ1) is 7.81. The number of aromatic nitrogens is 2. The number of benzene rings is 1. The van der Waals surface area contributed by atoms with Gasteiger partial charge in [0.2, 0.25) is 0 Å². The molecular formula is C10H8N3. The van der Waals surface area contributed by atoms with Gasteiger partial charge < -0.3 is 4.57 Å². The lowest BCUT2D eigenvalue weighted by Gasteiger charge is -1.97. The van der Waals surface area contributed by atoms with E-state index in [0.717, 1.165) is 17.6 Å². The van der Waals surface area contributed by atoms with Crippen LogP contribution in [0.25, 0.3) is 11.0 Å². The van der Waals surface area contributed by atoms with E-state index in [1.807, 2.05) is 23.6 Å². The molecule has 63 valence electrons. The summed E-state index contributed by atoms with van der Waals surface area (Å²) in [4.78, 5) is 4.09. The number of hydrogen-bond donors (Lipinski definition) is 0. The Balaban J connectivity index is 2.73. The maximum absolute atomic E-state index is 8.71. The maximum atomic E-state index is 8.71. The lowest BCUT2D eigenvalue weighted by atomic mass is 10.2. The van der Waals surface area contributed by atoms with E-state index in [9.17, 15) is 0 Å². The van der Waals surface area contributed by atoms with Gasteiger partial charge in [-0.05, 0) is 25.1 Å². The van der Waals surface area contributed by atoms with E-state index in [4.69, 9.17) is 5.26 Å². The Morgan fingerprint density at radius 2 is 2.46 bits per heavy atom. The number of nitriles is 1. The summed E-state index contributed by atoms with van der Waals surface area (Å²) in [6.45, 7) is 2.85. The zero-order valence-electron chi connectivity index (χ0n) is 7.28. The van der Waals surface area contributed by atoms with E-state index in [2.05, 4.69) is 17.4 Å². The van der Waals surface area contributed by atoms with Crippen LogP contribution >= 0.6 is 0 Å². The second-order valence-corrected chi connectivity index (χ2v) is 2.77. The summed E-state index contributed by atoms with van der Waals surface area (Å²) in [6, 6.07) is 7.55. The lowest BCUT2D eigenvalue weighted by Crippen LogP contribution is -1.91. The summed E-state index contributed by atoms with van der Waals surface area (Å²) in [5.41, 5.74) is 2.53. The number of imidazole rings is 1. The molecule has 0 bridgehead atoms. The lowest BCUT2D eigenvalue weighted by molar-refractivity contribution is 0.780. The van der Waals surface area contributed by atoms with E-state index in [1.54, 1.807) is 6.07 Å². The number of nitrogens with zero attached hydrogens (tertiary/aromatic N) is 3. The van der Waals surface area contributed by atoms with Gasteiger partial charge in [0, 0.05) is 6.54 Å². The van der Waals surface area contributed by atoms with Gasteiger partial charge in [-0.2, -0.15) is 5.26 Å². The van der Waals surface area contributed by atoms with Crippen molar-refractivity contribution in [3.8, 4) is 6.07 Å². The van der Waals surface area contributed by atoms with E-state index >= 15 is 0 Å². The van der Waals surface area contributed by atoms with Gasteiger partial charge in [0.05, 0.1) is 22.7 Å². The van der Waals surface area contributed by atoms with Crippen molar-refractivity contribution in [3.05, 3.63) is 30.1 Å². The molecule has 0 aliphatic heterocycles. The second-order valence-electron chi connectivity index (χ2n) is 2.77. The predicted octanol–water partition coefficient (Wildman–Crippen LogP) is 1.73. The Morgan fingerprint density at radius 3 is 3.15 bits per heavy atom. The normalized spacial score (nSPS) is 10.2. The molecule has 0 unspecified atom stereocenters. The molecule has 0 spiro atoms. The number of hydrogen-bond acceptors (Lipinski definition) is 2. The van der Waals surface area contributed by atoms with Crippen LogP contribution in [0, 0.1) is 17.7 Å². The fourth-order valence-electron chi connectivity index (χ4n) is 1.31. The number of fused-ring (bicyclic) bond motifs is 1. The van der Waals surface area contributed by atoms with Crippen LogP contribution in [0.5, 0.6) is 0 Å². The zero-order chi connectivity index (χ0) is 9.26. The molecule has 0 fully saturated rings. The third-order valence-corrected chi connectivity index (χ3v) is 2.00. The average Bonchev–Trinajstić information content (AvgIpc) is 2.59. The molecule has 1 heterocycles. The molecule has 3 heteroatoms. The van der Waals surface area contributed by atoms with Crippen LogP contribution < -0.4 is 0 Å². The quantitative estimate of drug-likeness (QED) is 0.654. The molecule has 0 N–H and O–H groups in total. The highest BCUT2D eigenvalue weighted by molar-refractivity contribution is 5.76. The second kappa shape index (κ2) is 2.91. The van der Waals surface area contributed by atoms with Crippen LogP contribution in [0.3, 0.4) is 0 Å². The smallest absolute Gasteiger partial charge is 0.177 e. The molecule has 2 aromatic rings. The Morgan fingerprint density at radius 1 is 1.62 bits per heavy atom. The van der Waals surface area contributed by atoms with Crippen LogP contribution in [-0.2, 0) is 6.54 Å². The highest BCUT2D eigenvalue weighted by Gasteiger charge is 2.01. The molecule has 0 amide bonds. The molecule has 0 saturated carbocycles. The summed E-state index contributed by atoms with van der Waals surface area (Å²) >= 11 is 0. The first-order valence-corrected chi connectivity index (χ1v) is 4.13. The third kappa shape index (κ3) is 1.17. The van der Waals surface area contributed by atoms with Gasteiger partial charge in [0.25, 0.3) is 0 Å². The Kier molecular flexibility index (Phi) is 1.75. The fraction of sp³-hybridized carbons (Fsp3) is 0.200. The van der Waals surface area contributed by atoms with Crippen molar-refractivity contribution in [2.45, 2.75) is 13.5 Å². The Bertz CT molecular complexity index is 476. The Hall–Kier alpha value is -1.82. The molecule has 13 heavy (non-hydrogen) atoms. The van der Waals surface area contributed by atoms with Crippen molar-refractivity contribution < 1.29 is 0 Å². The van der Waals surface area contributed by atoms with Crippen molar-refractivity contribution >= 4 is 11.0 Å². The fourth-order valence-corrected chi connectivity index (χ4v) is 1.31. The van der Waals surface area contributed by atoms with Crippen molar-refractivity contribution in [3.63, 3.8) is 0 Å². The van der Waals surface area contributed by atoms with Crippen LogP contribution in [0.2, 0.25) is 0 Å². The number of aryl methyl sites for hydroxylation is 1. The molecular weight excluding hydrogens is 162 g/mol. The minimum absolute atomic E-state index is 0.663. The highest BCUT2D eigenvalue weighted by atomic mass is 15.0. The van der Waals surface area contributed by atoms with Gasteiger partial charge in [-0.1, -0.05) is 0 Å². The monoisotopic (exact) mass is 170 g/mol. The molecule has 0 aliphatic rings.